The number of hydrogen-bond acceptors (Lipinski definition) is 4. The van der Waals surface area contributed by atoms with Gasteiger partial charge in [0.05, 0.1) is 13.2 Å². The number of ether oxygens (including phenoxy) is 3. The summed E-state index contributed by atoms with van der Waals surface area (Å²) in [6.45, 7) is 4.32. The number of nitrogens with zero attached hydrogens (tertiary/aromatic N) is 2. The van der Waals surface area contributed by atoms with Crippen molar-refractivity contribution in [3.8, 4) is 11.5 Å². The molecule has 2 amide bonds. The van der Waals surface area contributed by atoms with Crippen LogP contribution in [0.25, 0.3) is 0 Å². The molecule has 0 aromatic heterocycles. The van der Waals surface area contributed by atoms with Gasteiger partial charge in [-0.05, 0) is 29.7 Å². The lowest BCUT2D eigenvalue weighted by molar-refractivity contribution is 0.0421. The van der Waals surface area contributed by atoms with E-state index in [1.54, 1.807) is 0 Å². The van der Waals surface area contributed by atoms with Crippen molar-refractivity contribution in [2.24, 2.45) is 0 Å². The monoisotopic (exact) mass is 290 g/mol. The van der Waals surface area contributed by atoms with Crippen LogP contribution in [0.3, 0.4) is 0 Å². The Morgan fingerprint density at radius 1 is 0.952 bits per heavy atom. The Bertz CT molecular complexity index is 569. The number of carbonyl (C=O) groups is 1. The second-order valence-corrected chi connectivity index (χ2v) is 5.53. The molecule has 1 saturated heterocycles. The number of morpholine rings is 1. The van der Waals surface area contributed by atoms with Crippen LogP contribution in [0.5, 0.6) is 11.5 Å². The van der Waals surface area contributed by atoms with Crippen molar-refractivity contribution in [2.75, 3.05) is 39.6 Å². The van der Waals surface area contributed by atoms with E-state index in [-0.39, 0.29) is 12.8 Å². The SMILES string of the molecule is O=C(N1CCOCC1)N1CCc2cc3c(cc2C1)OCO3. The summed E-state index contributed by atoms with van der Waals surface area (Å²) in [5, 5.41) is 0. The molecule has 0 radical (unpaired) electrons. The van der Waals surface area contributed by atoms with E-state index in [2.05, 4.69) is 0 Å². The Morgan fingerprint density at radius 2 is 1.67 bits per heavy atom. The summed E-state index contributed by atoms with van der Waals surface area (Å²) in [6.07, 6.45) is 0.863. The summed E-state index contributed by atoms with van der Waals surface area (Å²) in [6, 6.07) is 4.17. The third-order valence-corrected chi connectivity index (χ3v) is 4.26. The van der Waals surface area contributed by atoms with Crippen molar-refractivity contribution in [1.82, 2.24) is 9.80 Å². The molecular weight excluding hydrogens is 272 g/mol. The highest BCUT2D eigenvalue weighted by atomic mass is 16.7. The third-order valence-electron chi connectivity index (χ3n) is 4.26. The van der Waals surface area contributed by atoms with E-state index in [4.69, 9.17) is 14.2 Å². The van der Waals surface area contributed by atoms with Crippen molar-refractivity contribution in [2.45, 2.75) is 13.0 Å². The molecule has 0 atom stereocenters. The zero-order valence-electron chi connectivity index (χ0n) is 11.8. The van der Waals surface area contributed by atoms with Gasteiger partial charge >= 0.3 is 6.03 Å². The lowest BCUT2D eigenvalue weighted by Crippen LogP contribution is -2.49. The number of fused-ring (bicyclic) bond motifs is 2. The first-order valence-electron chi connectivity index (χ1n) is 7.34. The van der Waals surface area contributed by atoms with Gasteiger partial charge in [0.2, 0.25) is 6.79 Å². The van der Waals surface area contributed by atoms with Gasteiger partial charge in [-0.25, -0.2) is 4.79 Å². The molecule has 0 aliphatic carbocycles. The fourth-order valence-electron chi connectivity index (χ4n) is 3.06. The molecule has 0 saturated carbocycles. The molecule has 0 unspecified atom stereocenters. The van der Waals surface area contributed by atoms with Gasteiger partial charge in [-0.2, -0.15) is 0 Å². The lowest BCUT2D eigenvalue weighted by atomic mass is 9.99. The number of amides is 2. The van der Waals surface area contributed by atoms with Gasteiger partial charge in [0, 0.05) is 26.2 Å². The van der Waals surface area contributed by atoms with Crippen LogP contribution in [0, 0.1) is 0 Å². The van der Waals surface area contributed by atoms with Crippen molar-refractivity contribution >= 4 is 6.03 Å². The predicted molar refractivity (Wildman–Crippen MR) is 74.5 cm³/mol. The molecule has 0 spiro atoms. The largest absolute Gasteiger partial charge is 0.454 e. The third kappa shape index (κ3) is 2.29. The van der Waals surface area contributed by atoms with Crippen LogP contribution in [-0.4, -0.2) is 55.5 Å². The number of carbonyl (C=O) groups excluding carboxylic acids is 1. The summed E-state index contributed by atoms with van der Waals surface area (Å²) in [7, 11) is 0. The Hall–Kier alpha value is -1.95. The first kappa shape index (κ1) is 12.8. The first-order valence-corrected chi connectivity index (χ1v) is 7.34. The Kier molecular flexibility index (Phi) is 3.11. The van der Waals surface area contributed by atoms with Crippen molar-refractivity contribution in [3.63, 3.8) is 0 Å². The maximum atomic E-state index is 12.5. The van der Waals surface area contributed by atoms with E-state index in [1.165, 1.54) is 5.56 Å². The number of benzene rings is 1. The molecule has 1 aromatic rings. The second-order valence-electron chi connectivity index (χ2n) is 5.53. The highest BCUT2D eigenvalue weighted by Crippen LogP contribution is 2.36. The van der Waals surface area contributed by atoms with Gasteiger partial charge in [-0.15, -0.1) is 0 Å². The summed E-state index contributed by atoms with van der Waals surface area (Å²) in [5.74, 6) is 1.61. The maximum absolute atomic E-state index is 12.5. The molecule has 112 valence electrons. The van der Waals surface area contributed by atoms with Gasteiger partial charge in [-0.1, -0.05) is 0 Å². The molecule has 3 heterocycles. The van der Waals surface area contributed by atoms with Crippen LogP contribution in [0.1, 0.15) is 11.1 Å². The molecule has 1 fully saturated rings. The predicted octanol–water partition coefficient (Wildman–Crippen LogP) is 1.23. The molecule has 3 aliphatic rings. The topological polar surface area (TPSA) is 51.2 Å². The van der Waals surface area contributed by atoms with Crippen molar-refractivity contribution in [3.05, 3.63) is 23.3 Å². The van der Waals surface area contributed by atoms with E-state index < -0.39 is 0 Å². The summed E-state index contributed by atoms with van der Waals surface area (Å²) in [5.41, 5.74) is 2.41. The zero-order chi connectivity index (χ0) is 14.2. The maximum Gasteiger partial charge on any atom is 0.320 e. The van der Waals surface area contributed by atoms with Crippen molar-refractivity contribution < 1.29 is 19.0 Å². The Balaban J connectivity index is 1.52. The number of rotatable bonds is 0. The summed E-state index contributed by atoms with van der Waals surface area (Å²) in [4.78, 5) is 16.3. The molecular formula is C15H18N2O4. The summed E-state index contributed by atoms with van der Waals surface area (Å²) >= 11 is 0. The van der Waals surface area contributed by atoms with E-state index >= 15 is 0 Å². The van der Waals surface area contributed by atoms with E-state index in [0.717, 1.165) is 30.0 Å². The molecule has 21 heavy (non-hydrogen) atoms. The molecule has 4 rings (SSSR count). The van der Waals surface area contributed by atoms with Crippen LogP contribution >= 0.6 is 0 Å². The van der Waals surface area contributed by atoms with Gasteiger partial charge in [0.25, 0.3) is 0 Å². The lowest BCUT2D eigenvalue weighted by Gasteiger charge is -2.35. The average Bonchev–Trinajstić information content (AvgIpc) is 2.99. The fourth-order valence-corrected chi connectivity index (χ4v) is 3.06. The fraction of sp³-hybridized carbons (Fsp3) is 0.533. The van der Waals surface area contributed by atoms with E-state index in [0.29, 0.717) is 32.8 Å². The molecule has 6 heteroatoms. The van der Waals surface area contributed by atoms with Crippen LogP contribution in [0.2, 0.25) is 0 Å². The summed E-state index contributed by atoms with van der Waals surface area (Å²) < 4.78 is 16.1. The minimum Gasteiger partial charge on any atom is -0.454 e. The molecule has 6 nitrogen and oxygen atoms in total. The normalized spacial score (nSPS) is 20.4. The van der Waals surface area contributed by atoms with Gasteiger partial charge in [0.15, 0.2) is 11.5 Å². The van der Waals surface area contributed by atoms with Crippen LogP contribution < -0.4 is 9.47 Å². The number of hydrogen-bond donors (Lipinski definition) is 0. The van der Waals surface area contributed by atoms with Gasteiger partial charge in [-0.3, -0.25) is 0 Å². The average molecular weight is 290 g/mol. The zero-order valence-corrected chi connectivity index (χ0v) is 11.8. The minimum atomic E-state index is 0.113. The highest BCUT2D eigenvalue weighted by Gasteiger charge is 2.28. The smallest absolute Gasteiger partial charge is 0.320 e. The minimum absolute atomic E-state index is 0.113. The van der Waals surface area contributed by atoms with Crippen LogP contribution in [-0.2, 0) is 17.7 Å². The molecule has 0 bridgehead atoms. The standard InChI is InChI=1S/C15H18N2O4/c18-15(16-3-5-19-6-4-16)17-2-1-11-7-13-14(21-10-20-13)8-12(11)9-17/h7-8H,1-6,9-10H2. The first-order chi connectivity index (χ1) is 10.3. The quantitative estimate of drug-likeness (QED) is 0.721. The van der Waals surface area contributed by atoms with Crippen LogP contribution in [0.15, 0.2) is 12.1 Å². The second kappa shape index (κ2) is 5.11. The Labute approximate surface area is 123 Å². The Morgan fingerprint density at radius 3 is 2.43 bits per heavy atom. The van der Waals surface area contributed by atoms with E-state index in [1.807, 2.05) is 21.9 Å². The number of urea groups is 1. The van der Waals surface area contributed by atoms with Crippen molar-refractivity contribution in [1.29, 1.82) is 0 Å². The highest BCUT2D eigenvalue weighted by molar-refractivity contribution is 5.75. The van der Waals surface area contributed by atoms with Gasteiger partial charge in [0.1, 0.15) is 0 Å². The van der Waals surface area contributed by atoms with E-state index in [9.17, 15) is 4.79 Å². The molecule has 3 aliphatic heterocycles. The molecule has 0 N–H and O–H groups in total. The molecule has 1 aromatic carbocycles. The van der Waals surface area contributed by atoms with Gasteiger partial charge < -0.3 is 24.0 Å². The van der Waals surface area contributed by atoms with Crippen LogP contribution in [0.4, 0.5) is 4.79 Å².